The van der Waals surface area contributed by atoms with E-state index in [9.17, 15) is 8.78 Å². The smallest absolute Gasteiger partial charge is 0.143 e. The predicted octanol–water partition coefficient (Wildman–Crippen LogP) is 4.10. The van der Waals surface area contributed by atoms with Crippen molar-refractivity contribution >= 4 is 17.3 Å². The molecule has 0 amide bonds. The molecule has 0 aromatic heterocycles. The largest absolute Gasteiger partial charge is 0.380 e. The quantitative estimate of drug-likeness (QED) is 0.917. The van der Waals surface area contributed by atoms with Gasteiger partial charge in [-0.25, -0.2) is 8.78 Å². The number of rotatable bonds is 3. The Hall–Kier alpha value is -2.12. The van der Waals surface area contributed by atoms with Crippen LogP contribution in [0.25, 0.3) is 0 Å². The maximum atomic E-state index is 13.4. The van der Waals surface area contributed by atoms with E-state index in [-0.39, 0.29) is 10.6 Å². The summed E-state index contributed by atoms with van der Waals surface area (Å²) in [6.45, 7) is 0.318. The van der Waals surface area contributed by atoms with Crippen molar-refractivity contribution in [3.8, 4) is 6.07 Å². The molecule has 19 heavy (non-hydrogen) atoms. The van der Waals surface area contributed by atoms with Crippen LogP contribution in [0.15, 0.2) is 36.4 Å². The number of nitrogens with one attached hydrogen (secondary N) is 1. The van der Waals surface area contributed by atoms with Crippen LogP contribution in [0.5, 0.6) is 0 Å². The van der Waals surface area contributed by atoms with Crippen LogP contribution in [0, 0.1) is 23.0 Å². The first-order chi connectivity index (χ1) is 9.11. The second-order valence-corrected chi connectivity index (χ2v) is 4.28. The van der Waals surface area contributed by atoms with E-state index in [1.165, 1.54) is 24.3 Å². The second kappa shape index (κ2) is 5.68. The fourth-order valence-electron chi connectivity index (χ4n) is 1.63. The van der Waals surface area contributed by atoms with Crippen LogP contribution in [0.4, 0.5) is 14.5 Å². The van der Waals surface area contributed by atoms with Gasteiger partial charge in [-0.05, 0) is 29.8 Å². The minimum absolute atomic E-state index is 0.0269. The zero-order chi connectivity index (χ0) is 13.8. The molecule has 2 aromatic carbocycles. The molecule has 96 valence electrons. The molecule has 0 heterocycles. The van der Waals surface area contributed by atoms with Crippen LogP contribution in [0.3, 0.4) is 0 Å². The Morgan fingerprint density at radius 2 is 1.95 bits per heavy atom. The van der Waals surface area contributed by atoms with E-state index in [1.54, 1.807) is 18.2 Å². The monoisotopic (exact) mass is 278 g/mol. The fraction of sp³-hybridized carbons (Fsp3) is 0.0714. The number of anilines is 1. The summed E-state index contributed by atoms with van der Waals surface area (Å²) < 4.78 is 26.3. The molecule has 0 saturated carbocycles. The normalized spacial score (nSPS) is 10.0. The number of benzene rings is 2. The van der Waals surface area contributed by atoms with Crippen LogP contribution in [0.2, 0.25) is 5.02 Å². The number of halogens is 3. The molecule has 0 radical (unpaired) electrons. The molecule has 2 nitrogen and oxygen atoms in total. The molecular weight excluding hydrogens is 270 g/mol. The third-order valence-corrected chi connectivity index (χ3v) is 2.88. The molecule has 0 aliphatic rings. The minimum atomic E-state index is -0.579. The van der Waals surface area contributed by atoms with Crippen molar-refractivity contribution in [2.24, 2.45) is 0 Å². The summed E-state index contributed by atoms with van der Waals surface area (Å²) in [7, 11) is 0. The molecule has 0 aliphatic heterocycles. The molecule has 0 atom stereocenters. The van der Waals surface area contributed by atoms with Crippen molar-refractivity contribution in [3.05, 3.63) is 64.2 Å². The van der Waals surface area contributed by atoms with Crippen molar-refractivity contribution < 1.29 is 8.78 Å². The Bertz CT molecular complexity index is 650. The van der Waals surface area contributed by atoms with Crippen LogP contribution in [-0.4, -0.2) is 0 Å². The molecule has 0 spiro atoms. The Labute approximate surface area is 114 Å². The van der Waals surface area contributed by atoms with Gasteiger partial charge in [-0.1, -0.05) is 23.7 Å². The molecule has 0 bridgehead atoms. The topological polar surface area (TPSA) is 35.8 Å². The van der Waals surface area contributed by atoms with Crippen LogP contribution in [0.1, 0.15) is 11.1 Å². The summed E-state index contributed by atoms with van der Waals surface area (Å²) in [4.78, 5) is 0. The molecule has 0 unspecified atom stereocenters. The number of nitriles is 1. The number of nitrogens with zero attached hydrogens (tertiary/aromatic N) is 1. The van der Waals surface area contributed by atoms with Gasteiger partial charge in [0.25, 0.3) is 0 Å². The Morgan fingerprint density at radius 1 is 1.16 bits per heavy atom. The van der Waals surface area contributed by atoms with Crippen molar-refractivity contribution in [1.82, 2.24) is 0 Å². The zero-order valence-corrected chi connectivity index (χ0v) is 10.5. The fourth-order valence-corrected chi connectivity index (χ4v) is 1.84. The van der Waals surface area contributed by atoms with E-state index in [1.807, 2.05) is 0 Å². The van der Waals surface area contributed by atoms with Crippen LogP contribution < -0.4 is 5.32 Å². The molecule has 2 aromatic rings. The summed E-state index contributed by atoms with van der Waals surface area (Å²) in [5.74, 6) is -1.07. The van der Waals surface area contributed by atoms with E-state index in [2.05, 4.69) is 5.32 Å². The number of hydrogen-bond donors (Lipinski definition) is 1. The lowest BCUT2D eigenvalue weighted by atomic mass is 10.1. The average molecular weight is 279 g/mol. The minimum Gasteiger partial charge on any atom is -0.380 e. The van der Waals surface area contributed by atoms with Crippen LogP contribution in [-0.2, 0) is 6.54 Å². The highest BCUT2D eigenvalue weighted by atomic mass is 35.5. The number of hydrogen-bond acceptors (Lipinski definition) is 2. The van der Waals surface area contributed by atoms with Gasteiger partial charge in [-0.2, -0.15) is 5.26 Å². The lowest BCUT2D eigenvalue weighted by molar-refractivity contribution is 0.624. The summed E-state index contributed by atoms with van der Waals surface area (Å²) >= 11 is 5.66. The van der Waals surface area contributed by atoms with E-state index in [4.69, 9.17) is 16.9 Å². The van der Waals surface area contributed by atoms with Gasteiger partial charge < -0.3 is 5.32 Å². The van der Waals surface area contributed by atoms with Gasteiger partial charge in [0.15, 0.2) is 0 Å². The molecule has 1 N–H and O–H groups in total. The molecule has 2 rings (SSSR count). The molecule has 5 heteroatoms. The van der Waals surface area contributed by atoms with Crippen molar-refractivity contribution in [2.45, 2.75) is 6.54 Å². The average Bonchev–Trinajstić information content (AvgIpc) is 2.40. The molecule has 0 fully saturated rings. The Balaban J connectivity index is 2.17. The highest BCUT2D eigenvalue weighted by Gasteiger charge is 2.07. The Morgan fingerprint density at radius 3 is 2.63 bits per heavy atom. The van der Waals surface area contributed by atoms with Crippen molar-refractivity contribution in [2.75, 3.05) is 5.32 Å². The highest BCUT2D eigenvalue weighted by Crippen LogP contribution is 2.20. The van der Waals surface area contributed by atoms with E-state index in [0.717, 1.165) is 5.56 Å². The molecular formula is C14H9ClF2N2. The first kappa shape index (κ1) is 13.3. The van der Waals surface area contributed by atoms with Gasteiger partial charge >= 0.3 is 0 Å². The van der Waals surface area contributed by atoms with E-state index >= 15 is 0 Å². The standard InChI is InChI=1S/C14H9ClF2N2/c15-11-6-9(4-5-13(11)17)8-19-14-3-1-2-12(16)10(14)7-18/h1-6,19H,8H2. The second-order valence-electron chi connectivity index (χ2n) is 3.88. The summed E-state index contributed by atoms with van der Waals surface area (Å²) in [5, 5.41) is 11.8. The molecule has 0 saturated heterocycles. The summed E-state index contributed by atoms with van der Waals surface area (Å²) in [6.07, 6.45) is 0. The van der Waals surface area contributed by atoms with E-state index in [0.29, 0.717) is 12.2 Å². The maximum Gasteiger partial charge on any atom is 0.143 e. The zero-order valence-electron chi connectivity index (χ0n) is 9.75. The van der Waals surface area contributed by atoms with Crippen LogP contribution >= 0.6 is 11.6 Å². The third-order valence-electron chi connectivity index (χ3n) is 2.59. The maximum absolute atomic E-state index is 13.4. The van der Waals surface area contributed by atoms with E-state index < -0.39 is 11.6 Å². The van der Waals surface area contributed by atoms with Gasteiger partial charge in [0.05, 0.1) is 10.7 Å². The van der Waals surface area contributed by atoms with Gasteiger partial charge in [0.1, 0.15) is 23.3 Å². The van der Waals surface area contributed by atoms with Crippen molar-refractivity contribution in [1.29, 1.82) is 5.26 Å². The third kappa shape index (κ3) is 3.01. The van der Waals surface area contributed by atoms with Gasteiger partial charge in [0.2, 0.25) is 0 Å². The highest BCUT2D eigenvalue weighted by molar-refractivity contribution is 6.30. The van der Waals surface area contributed by atoms with Crippen molar-refractivity contribution in [3.63, 3.8) is 0 Å². The SMILES string of the molecule is N#Cc1c(F)cccc1NCc1ccc(F)c(Cl)c1. The van der Waals surface area contributed by atoms with Gasteiger partial charge in [-0.3, -0.25) is 0 Å². The van der Waals surface area contributed by atoms with Gasteiger partial charge in [-0.15, -0.1) is 0 Å². The lowest BCUT2D eigenvalue weighted by Gasteiger charge is -2.09. The first-order valence-corrected chi connectivity index (χ1v) is 5.86. The lowest BCUT2D eigenvalue weighted by Crippen LogP contribution is -2.02. The summed E-state index contributed by atoms with van der Waals surface area (Å²) in [5.41, 5.74) is 1.08. The first-order valence-electron chi connectivity index (χ1n) is 5.48. The molecule has 0 aliphatic carbocycles. The predicted molar refractivity (Wildman–Crippen MR) is 69.9 cm³/mol. The summed E-state index contributed by atoms with van der Waals surface area (Å²) in [6, 6.07) is 10.4. The van der Waals surface area contributed by atoms with Gasteiger partial charge in [0, 0.05) is 6.54 Å². The Kier molecular flexibility index (Phi) is 3.98.